The van der Waals surface area contributed by atoms with Gasteiger partial charge in [-0.3, -0.25) is 0 Å². The molecule has 0 spiro atoms. The van der Waals surface area contributed by atoms with Crippen molar-refractivity contribution in [1.29, 1.82) is 0 Å². The predicted molar refractivity (Wildman–Crippen MR) is 251 cm³/mol. The minimum atomic E-state index is -0.642. The second kappa shape index (κ2) is 17.9. The Labute approximate surface area is 373 Å². The van der Waals surface area contributed by atoms with Crippen molar-refractivity contribution in [3.05, 3.63) is 101 Å². The largest absolute Gasteiger partial charge is 0.465 e. The molecule has 6 aliphatic carbocycles. The number of ether oxygens (including phenoxy) is 2. The Bertz CT molecular complexity index is 2100. The van der Waals surface area contributed by atoms with Gasteiger partial charge in [-0.25, -0.2) is 14.0 Å². The van der Waals surface area contributed by atoms with Crippen molar-refractivity contribution >= 4 is 17.6 Å². The monoisotopic (exact) mass is 846 g/mol. The Balaban J connectivity index is 0.00000141. The molecule has 5 nitrogen and oxygen atoms in total. The normalized spacial score (nSPS) is 32.8. The molecular formula is C56H76FNO4. The summed E-state index contributed by atoms with van der Waals surface area (Å²) in [6.45, 7) is 23.1. The Kier molecular flexibility index (Phi) is 13.3. The summed E-state index contributed by atoms with van der Waals surface area (Å²) in [6.07, 6.45) is 13.5. The molecule has 1 amide bonds. The zero-order valence-electron chi connectivity index (χ0n) is 39.8. The van der Waals surface area contributed by atoms with Gasteiger partial charge in [-0.05, 0) is 161 Å². The average Bonchev–Trinajstić information content (AvgIpc) is 3.82. The number of hydrogen-bond donors (Lipinski definition) is 1. The number of methoxy groups -OCH3 is 1. The van der Waals surface area contributed by atoms with Gasteiger partial charge in [0.1, 0.15) is 12.4 Å². The number of nitrogens with one attached hydrogen (secondary N) is 1. The Morgan fingerprint density at radius 3 is 2.08 bits per heavy atom. The van der Waals surface area contributed by atoms with Gasteiger partial charge in [-0.15, -0.1) is 0 Å². The molecule has 3 aromatic carbocycles. The first-order chi connectivity index (χ1) is 29.8. The number of esters is 1. The number of carbonyl (C=O) groups excluding carboxylic acids is 2. The molecule has 4 fully saturated rings. The zero-order valence-corrected chi connectivity index (χ0v) is 39.8. The van der Waals surface area contributed by atoms with E-state index in [9.17, 15) is 9.59 Å². The molecule has 0 radical (unpaired) electrons. The molecule has 6 aliphatic rings. The summed E-state index contributed by atoms with van der Waals surface area (Å²) >= 11 is 0. The van der Waals surface area contributed by atoms with Crippen molar-refractivity contribution in [2.45, 2.75) is 145 Å². The fourth-order valence-electron chi connectivity index (χ4n) is 15.4. The molecule has 0 bridgehead atoms. The lowest BCUT2D eigenvalue weighted by molar-refractivity contribution is -0.176. The molecule has 0 saturated heterocycles. The van der Waals surface area contributed by atoms with Crippen LogP contribution in [-0.2, 0) is 9.47 Å². The van der Waals surface area contributed by atoms with E-state index in [0.717, 1.165) is 44.1 Å². The topological polar surface area (TPSA) is 64.6 Å². The standard InChI is InChI=1S/C52H64FNO4.2C2H6/c1-8-31(2)33-21-27-52(54-48(56)58-30-40-36-15-11-9-13-34(36)35-14-10-12-16-37(35)40)28-23-42-38(46(33)52)19-20-45-50(42,5)26-24-44-49(3,4)41(22-25-51(44,45)6)32-17-18-39(43(53)29-32)47(55)57-7;2*1-2/h9-18,22,29,31,33,38,40,42,44-46H,8,19-21,23-28,30H2,1-7H3,(H,54,56);2*1-2H3/t31-,33?,38+,42?,44?,45?,46?,50+,51+,52+;;/m1../s1. The van der Waals surface area contributed by atoms with Crippen molar-refractivity contribution in [2.24, 2.45) is 57.7 Å². The van der Waals surface area contributed by atoms with Gasteiger partial charge >= 0.3 is 12.1 Å². The van der Waals surface area contributed by atoms with Gasteiger partial charge < -0.3 is 14.8 Å². The van der Waals surface area contributed by atoms with Crippen LogP contribution in [0.4, 0.5) is 9.18 Å². The first kappa shape index (κ1) is 46.1. The van der Waals surface area contributed by atoms with Crippen molar-refractivity contribution in [3.63, 3.8) is 0 Å². The molecule has 1 N–H and O–H groups in total. The summed E-state index contributed by atoms with van der Waals surface area (Å²) in [7, 11) is 1.29. The van der Waals surface area contributed by atoms with Crippen molar-refractivity contribution in [2.75, 3.05) is 13.7 Å². The fraction of sp³-hybridized carbons (Fsp3) is 0.607. The lowest BCUT2D eigenvalue weighted by Gasteiger charge is -2.68. The van der Waals surface area contributed by atoms with Crippen LogP contribution in [-0.4, -0.2) is 31.3 Å². The van der Waals surface area contributed by atoms with Gasteiger partial charge in [0.05, 0.1) is 12.7 Å². The van der Waals surface area contributed by atoms with E-state index in [1.165, 1.54) is 60.6 Å². The quantitative estimate of drug-likeness (QED) is 0.241. The van der Waals surface area contributed by atoms with Crippen LogP contribution in [0.3, 0.4) is 0 Å². The van der Waals surface area contributed by atoms with Crippen LogP contribution >= 0.6 is 0 Å². The van der Waals surface area contributed by atoms with Gasteiger partial charge in [0.2, 0.25) is 0 Å². The van der Waals surface area contributed by atoms with Gasteiger partial charge in [-0.1, -0.05) is 136 Å². The van der Waals surface area contributed by atoms with Gasteiger partial charge in [0.15, 0.2) is 0 Å². The molecule has 336 valence electrons. The summed E-state index contributed by atoms with van der Waals surface area (Å²) in [4.78, 5) is 26.3. The molecule has 0 aliphatic heterocycles. The van der Waals surface area contributed by atoms with Crippen LogP contribution in [0.1, 0.15) is 166 Å². The SMILES string of the molecule is CC.CC.CC[C@@H](C)C1CC[C@]2(NC(=O)OCC3c4ccccc4-c4ccccc43)CCC3[C@H](CCC4[C@@]3(C)CCC3C(C)(C)C(c5ccc(C(=O)OC)c(F)c5)=CC[C@@]34C)C12. The lowest BCUT2D eigenvalue weighted by Crippen LogP contribution is -2.65. The van der Waals surface area contributed by atoms with Crippen molar-refractivity contribution in [1.82, 2.24) is 5.32 Å². The third-order valence-electron chi connectivity index (χ3n) is 18.0. The minimum Gasteiger partial charge on any atom is -0.465 e. The molecule has 4 saturated carbocycles. The molecule has 6 heteroatoms. The maximum atomic E-state index is 15.3. The zero-order chi connectivity index (χ0) is 44.8. The highest BCUT2D eigenvalue weighted by Gasteiger charge is 2.67. The maximum absolute atomic E-state index is 15.3. The van der Waals surface area contributed by atoms with E-state index < -0.39 is 11.8 Å². The number of carbonyl (C=O) groups is 2. The number of fused-ring (bicyclic) bond motifs is 10. The first-order valence-electron chi connectivity index (χ1n) is 24.5. The highest BCUT2D eigenvalue weighted by Crippen LogP contribution is 2.73. The third-order valence-corrected chi connectivity index (χ3v) is 18.0. The highest BCUT2D eigenvalue weighted by molar-refractivity contribution is 5.90. The van der Waals surface area contributed by atoms with E-state index in [2.05, 4.69) is 101 Å². The molecule has 5 unspecified atom stereocenters. The number of halogens is 1. The summed E-state index contributed by atoms with van der Waals surface area (Å²) < 4.78 is 26.4. The van der Waals surface area contributed by atoms with Crippen molar-refractivity contribution in [3.8, 4) is 11.1 Å². The number of amides is 1. The number of allylic oxidation sites excluding steroid dienone is 2. The summed E-state index contributed by atoms with van der Waals surface area (Å²) in [5.41, 5.74) is 7.04. The Hall–Kier alpha value is -3.93. The fourth-order valence-corrected chi connectivity index (χ4v) is 15.4. The molecule has 9 rings (SSSR count). The van der Waals surface area contributed by atoms with Crippen LogP contribution in [0.5, 0.6) is 0 Å². The van der Waals surface area contributed by atoms with Crippen LogP contribution in [0.2, 0.25) is 0 Å². The minimum absolute atomic E-state index is 0.0155. The van der Waals surface area contributed by atoms with Crippen LogP contribution in [0, 0.1) is 63.5 Å². The average molecular weight is 846 g/mol. The number of rotatable bonds is 7. The van der Waals surface area contributed by atoms with Crippen LogP contribution in [0.25, 0.3) is 16.7 Å². The number of alkyl carbamates (subject to hydrolysis) is 1. The molecule has 0 aromatic heterocycles. The Morgan fingerprint density at radius 2 is 1.45 bits per heavy atom. The summed E-state index contributed by atoms with van der Waals surface area (Å²) in [6, 6.07) is 22.2. The van der Waals surface area contributed by atoms with Gasteiger partial charge in [0.25, 0.3) is 0 Å². The van der Waals surface area contributed by atoms with E-state index in [-0.39, 0.29) is 39.4 Å². The van der Waals surface area contributed by atoms with Crippen LogP contribution in [0.15, 0.2) is 72.8 Å². The number of hydrogen-bond acceptors (Lipinski definition) is 4. The van der Waals surface area contributed by atoms with E-state index in [1.54, 1.807) is 12.1 Å². The Morgan fingerprint density at radius 1 is 0.806 bits per heavy atom. The second-order valence-electron chi connectivity index (χ2n) is 20.5. The highest BCUT2D eigenvalue weighted by atomic mass is 19.1. The molecular weight excluding hydrogens is 770 g/mol. The third kappa shape index (κ3) is 7.35. The first-order valence-corrected chi connectivity index (χ1v) is 24.5. The number of benzene rings is 3. The summed E-state index contributed by atoms with van der Waals surface area (Å²) in [5.74, 6) is 2.85. The maximum Gasteiger partial charge on any atom is 0.407 e. The van der Waals surface area contributed by atoms with Crippen molar-refractivity contribution < 1.29 is 23.5 Å². The summed E-state index contributed by atoms with van der Waals surface area (Å²) in [5, 5.41) is 3.67. The van der Waals surface area contributed by atoms with Gasteiger partial charge in [0, 0.05) is 11.5 Å². The molecule has 0 heterocycles. The molecule has 10 atom stereocenters. The van der Waals surface area contributed by atoms with Crippen LogP contribution < -0.4 is 5.32 Å². The van der Waals surface area contributed by atoms with E-state index >= 15 is 4.39 Å². The molecule has 3 aromatic rings. The van der Waals surface area contributed by atoms with E-state index in [1.807, 2.05) is 33.8 Å². The molecule has 62 heavy (non-hydrogen) atoms. The smallest absolute Gasteiger partial charge is 0.407 e. The lowest BCUT2D eigenvalue weighted by atomic mass is 9.36. The van der Waals surface area contributed by atoms with E-state index in [4.69, 9.17) is 9.47 Å². The second-order valence-corrected chi connectivity index (χ2v) is 20.5. The predicted octanol–water partition coefficient (Wildman–Crippen LogP) is 14.7. The van der Waals surface area contributed by atoms with E-state index in [0.29, 0.717) is 48.0 Å². The van der Waals surface area contributed by atoms with Gasteiger partial charge in [-0.2, -0.15) is 0 Å².